The maximum atomic E-state index is 5.52. The minimum Gasteiger partial charge on any atom is -0.493 e. The Kier molecular flexibility index (Phi) is 3.84. The van der Waals surface area contributed by atoms with Gasteiger partial charge in [-0.1, -0.05) is 6.07 Å². The number of methoxy groups -OCH3 is 2. The van der Waals surface area contributed by atoms with Crippen molar-refractivity contribution in [2.75, 3.05) is 20.8 Å². The molecule has 0 atom stereocenters. The Morgan fingerprint density at radius 3 is 2.78 bits per heavy atom. The maximum absolute atomic E-state index is 5.52. The number of para-hydroxylation sites is 1. The summed E-state index contributed by atoms with van der Waals surface area (Å²) in [5, 5.41) is 0. The molecule has 0 aliphatic rings. The Labute approximate surface area is 106 Å². The van der Waals surface area contributed by atoms with Gasteiger partial charge < -0.3 is 20.2 Å². The minimum absolute atomic E-state index is 0.594. The highest BCUT2D eigenvalue weighted by Crippen LogP contribution is 2.36. The summed E-state index contributed by atoms with van der Waals surface area (Å²) < 4.78 is 10.6. The van der Waals surface area contributed by atoms with Gasteiger partial charge >= 0.3 is 0 Å². The third-order valence-corrected chi connectivity index (χ3v) is 2.70. The number of benzene rings is 1. The fraction of sp³-hybridized carbons (Fsp3) is 0.308. The first-order valence-corrected chi connectivity index (χ1v) is 5.75. The fourth-order valence-corrected chi connectivity index (χ4v) is 1.85. The second-order valence-corrected chi connectivity index (χ2v) is 3.84. The van der Waals surface area contributed by atoms with Crippen molar-refractivity contribution in [2.24, 2.45) is 5.73 Å². The molecule has 96 valence electrons. The summed E-state index contributed by atoms with van der Waals surface area (Å²) in [6, 6.07) is 5.69. The number of aromatic amines is 1. The topological polar surface area (TPSA) is 73.2 Å². The van der Waals surface area contributed by atoms with Crippen molar-refractivity contribution in [3.63, 3.8) is 0 Å². The van der Waals surface area contributed by atoms with E-state index in [4.69, 9.17) is 15.2 Å². The zero-order chi connectivity index (χ0) is 13.0. The van der Waals surface area contributed by atoms with Crippen LogP contribution in [0.1, 0.15) is 5.69 Å². The summed E-state index contributed by atoms with van der Waals surface area (Å²) in [4.78, 5) is 7.57. The standard InChI is InChI=1S/C13H17N3O2/c1-17-11-5-3-4-10(12(11)18-2)13-15-8-9(16-13)6-7-14/h3-5,8H,6-7,14H2,1-2H3,(H,15,16). The number of ether oxygens (including phenoxy) is 2. The van der Waals surface area contributed by atoms with E-state index in [1.165, 1.54) is 0 Å². The number of hydrogen-bond acceptors (Lipinski definition) is 4. The third-order valence-electron chi connectivity index (χ3n) is 2.70. The lowest BCUT2D eigenvalue weighted by Gasteiger charge is -2.10. The number of nitrogens with zero attached hydrogens (tertiary/aromatic N) is 1. The van der Waals surface area contributed by atoms with E-state index in [9.17, 15) is 0 Å². The van der Waals surface area contributed by atoms with Gasteiger partial charge in [0.25, 0.3) is 0 Å². The highest BCUT2D eigenvalue weighted by Gasteiger charge is 2.13. The molecule has 0 amide bonds. The fourth-order valence-electron chi connectivity index (χ4n) is 1.85. The van der Waals surface area contributed by atoms with E-state index < -0.39 is 0 Å². The lowest BCUT2D eigenvalue weighted by Crippen LogP contribution is -2.02. The molecule has 0 saturated heterocycles. The number of nitrogens with two attached hydrogens (primary N) is 1. The van der Waals surface area contributed by atoms with E-state index in [0.717, 1.165) is 23.5 Å². The van der Waals surface area contributed by atoms with Crippen molar-refractivity contribution < 1.29 is 9.47 Å². The van der Waals surface area contributed by atoms with Crippen molar-refractivity contribution >= 4 is 0 Å². The molecule has 1 aromatic carbocycles. The summed E-state index contributed by atoms with van der Waals surface area (Å²) >= 11 is 0. The molecule has 0 saturated carbocycles. The predicted octanol–water partition coefficient (Wildman–Crippen LogP) is 1.60. The molecule has 5 heteroatoms. The Balaban J connectivity index is 2.42. The molecule has 0 aliphatic carbocycles. The van der Waals surface area contributed by atoms with Crippen LogP contribution in [0.5, 0.6) is 11.5 Å². The van der Waals surface area contributed by atoms with Crippen LogP contribution in [0.3, 0.4) is 0 Å². The minimum atomic E-state index is 0.594. The van der Waals surface area contributed by atoms with Crippen LogP contribution in [0, 0.1) is 0 Å². The van der Waals surface area contributed by atoms with Gasteiger partial charge in [0.05, 0.1) is 19.8 Å². The average molecular weight is 247 g/mol. The van der Waals surface area contributed by atoms with Gasteiger partial charge in [-0.3, -0.25) is 0 Å². The highest BCUT2D eigenvalue weighted by molar-refractivity contribution is 5.68. The lowest BCUT2D eigenvalue weighted by atomic mass is 10.1. The number of nitrogens with one attached hydrogen (secondary N) is 1. The SMILES string of the molecule is COc1cccc(-c2ncc(CCN)[nH]2)c1OC. The normalized spacial score (nSPS) is 10.4. The quantitative estimate of drug-likeness (QED) is 0.841. The van der Waals surface area contributed by atoms with Gasteiger partial charge in [-0.15, -0.1) is 0 Å². The van der Waals surface area contributed by atoms with Crippen LogP contribution < -0.4 is 15.2 Å². The van der Waals surface area contributed by atoms with Crippen molar-refractivity contribution in [1.82, 2.24) is 9.97 Å². The zero-order valence-corrected chi connectivity index (χ0v) is 10.6. The van der Waals surface area contributed by atoms with Crippen LogP contribution in [-0.2, 0) is 6.42 Å². The molecule has 0 unspecified atom stereocenters. The molecule has 18 heavy (non-hydrogen) atoms. The molecule has 0 aliphatic heterocycles. The van der Waals surface area contributed by atoms with E-state index in [1.807, 2.05) is 18.2 Å². The lowest BCUT2D eigenvalue weighted by molar-refractivity contribution is 0.356. The molecule has 2 aromatic rings. The maximum Gasteiger partial charge on any atom is 0.171 e. The molecule has 0 spiro atoms. The van der Waals surface area contributed by atoms with E-state index in [0.29, 0.717) is 18.0 Å². The van der Waals surface area contributed by atoms with Gasteiger partial charge in [-0.2, -0.15) is 0 Å². The largest absolute Gasteiger partial charge is 0.493 e. The predicted molar refractivity (Wildman–Crippen MR) is 69.9 cm³/mol. The van der Waals surface area contributed by atoms with E-state index >= 15 is 0 Å². The molecule has 3 N–H and O–H groups in total. The molecular formula is C13H17N3O2. The van der Waals surface area contributed by atoms with Crippen LogP contribution in [0.25, 0.3) is 11.4 Å². The van der Waals surface area contributed by atoms with Crippen LogP contribution >= 0.6 is 0 Å². The Bertz CT molecular complexity index is 523. The molecule has 2 rings (SSSR count). The molecule has 0 fully saturated rings. The molecule has 0 radical (unpaired) electrons. The second-order valence-electron chi connectivity index (χ2n) is 3.84. The van der Waals surface area contributed by atoms with Crippen LogP contribution in [-0.4, -0.2) is 30.7 Å². The van der Waals surface area contributed by atoms with Crippen LogP contribution in [0.2, 0.25) is 0 Å². The first-order chi connectivity index (χ1) is 8.80. The molecule has 1 aromatic heterocycles. The summed E-state index contributed by atoms with van der Waals surface area (Å²) in [5.74, 6) is 2.12. The number of imidazole rings is 1. The highest BCUT2D eigenvalue weighted by atomic mass is 16.5. The number of H-pyrrole nitrogens is 1. The Morgan fingerprint density at radius 1 is 1.28 bits per heavy atom. The number of aromatic nitrogens is 2. The number of hydrogen-bond donors (Lipinski definition) is 2. The third kappa shape index (κ3) is 2.31. The summed E-state index contributed by atoms with van der Waals surface area (Å²) in [5.41, 5.74) is 7.40. The molecule has 5 nitrogen and oxygen atoms in total. The summed E-state index contributed by atoms with van der Waals surface area (Å²) in [7, 11) is 3.23. The molecule has 1 heterocycles. The van der Waals surface area contributed by atoms with Crippen molar-refractivity contribution in [2.45, 2.75) is 6.42 Å². The number of rotatable bonds is 5. The molecule has 0 bridgehead atoms. The van der Waals surface area contributed by atoms with Crippen molar-refractivity contribution in [3.05, 3.63) is 30.1 Å². The Morgan fingerprint density at radius 2 is 2.11 bits per heavy atom. The van der Waals surface area contributed by atoms with Gasteiger partial charge in [-0.05, 0) is 18.7 Å². The van der Waals surface area contributed by atoms with Gasteiger partial charge in [0.1, 0.15) is 5.82 Å². The van der Waals surface area contributed by atoms with Gasteiger partial charge in [0.2, 0.25) is 0 Å². The second kappa shape index (κ2) is 5.55. The summed E-state index contributed by atoms with van der Waals surface area (Å²) in [6.07, 6.45) is 2.57. The van der Waals surface area contributed by atoms with Gasteiger partial charge in [0.15, 0.2) is 11.5 Å². The van der Waals surface area contributed by atoms with Crippen LogP contribution in [0.4, 0.5) is 0 Å². The van der Waals surface area contributed by atoms with Crippen molar-refractivity contribution in [1.29, 1.82) is 0 Å². The molecular weight excluding hydrogens is 230 g/mol. The van der Waals surface area contributed by atoms with E-state index in [-0.39, 0.29) is 0 Å². The van der Waals surface area contributed by atoms with Crippen LogP contribution in [0.15, 0.2) is 24.4 Å². The zero-order valence-electron chi connectivity index (χ0n) is 10.6. The van der Waals surface area contributed by atoms with E-state index in [2.05, 4.69) is 9.97 Å². The summed E-state index contributed by atoms with van der Waals surface area (Å²) in [6.45, 7) is 0.594. The Hall–Kier alpha value is -2.01. The van der Waals surface area contributed by atoms with Gasteiger partial charge in [-0.25, -0.2) is 4.98 Å². The monoisotopic (exact) mass is 247 g/mol. The first-order valence-electron chi connectivity index (χ1n) is 5.75. The average Bonchev–Trinajstić information content (AvgIpc) is 2.86. The smallest absolute Gasteiger partial charge is 0.171 e. The van der Waals surface area contributed by atoms with E-state index in [1.54, 1.807) is 20.4 Å². The first kappa shape index (κ1) is 12.4. The van der Waals surface area contributed by atoms with Gasteiger partial charge in [0, 0.05) is 18.3 Å². The van der Waals surface area contributed by atoms with Crippen molar-refractivity contribution in [3.8, 4) is 22.9 Å².